The molecule has 0 saturated heterocycles. The quantitative estimate of drug-likeness (QED) is 0.279. The van der Waals surface area contributed by atoms with Gasteiger partial charge in [0.25, 0.3) is 0 Å². The van der Waals surface area contributed by atoms with Gasteiger partial charge < -0.3 is 20.2 Å². The summed E-state index contributed by atoms with van der Waals surface area (Å²) in [6, 6.07) is 13.4. The van der Waals surface area contributed by atoms with Crippen molar-refractivity contribution < 1.29 is 9.47 Å². The van der Waals surface area contributed by atoms with Crippen LogP contribution in [0.5, 0.6) is 11.5 Å². The Hall–Kier alpha value is -3.39. The number of hydrogen-bond donors (Lipinski definition) is 3. The molecule has 4 aromatic rings. The number of aromatic nitrogens is 2. The van der Waals surface area contributed by atoms with Crippen molar-refractivity contribution in [3.05, 3.63) is 58.5 Å². The molecular weight excluding hydrogens is 446 g/mol. The highest BCUT2D eigenvalue weighted by Crippen LogP contribution is 2.42. The number of halogens is 1. The number of fused-ring (bicyclic) bond motifs is 3. The number of benzene rings is 2. The number of guanidine groups is 1. The van der Waals surface area contributed by atoms with Gasteiger partial charge in [-0.25, -0.2) is 9.98 Å². The summed E-state index contributed by atoms with van der Waals surface area (Å²) in [5.74, 6) is 1.10. The van der Waals surface area contributed by atoms with Gasteiger partial charge in [-0.1, -0.05) is 32.0 Å². The SMILES string of the molecule is CC.N=C(N)/N=c1/c2ccccc2nc(-c2cc3c(cc2Br)OCO3)c2cc[nH]c12. The maximum absolute atomic E-state index is 7.67. The summed E-state index contributed by atoms with van der Waals surface area (Å²) in [5.41, 5.74) is 8.71. The third kappa shape index (κ3) is 3.39. The average Bonchev–Trinajstić information content (AvgIpc) is 3.38. The molecular formula is C22H20BrN5O2. The zero-order chi connectivity index (χ0) is 21.3. The van der Waals surface area contributed by atoms with E-state index in [1.54, 1.807) is 0 Å². The van der Waals surface area contributed by atoms with E-state index >= 15 is 0 Å². The molecule has 0 aliphatic carbocycles. The van der Waals surface area contributed by atoms with E-state index in [9.17, 15) is 0 Å². The number of H-pyrrole nitrogens is 1. The number of nitrogens with zero attached hydrogens (tertiary/aromatic N) is 2. The Bertz CT molecular complexity index is 1350. The predicted octanol–water partition coefficient (Wildman–Crippen LogP) is 4.69. The Morgan fingerprint density at radius 3 is 2.63 bits per heavy atom. The molecule has 2 aromatic heterocycles. The van der Waals surface area contributed by atoms with Crippen molar-refractivity contribution in [3.8, 4) is 22.8 Å². The summed E-state index contributed by atoms with van der Waals surface area (Å²) in [4.78, 5) is 12.5. The van der Waals surface area contributed by atoms with Gasteiger partial charge in [-0.05, 0) is 40.2 Å². The Morgan fingerprint density at radius 2 is 1.87 bits per heavy atom. The fourth-order valence-corrected chi connectivity index (χ4v) is 3.90. The van der Waals surface area contributed by atoms with Crippen molar-refractivity contribution in [3.63, 3.8) is 0 Å². The molecule has 0 amide bonds. The molecule has 0 spiro atoms. The lowest BCUT2D eigenvalue weighted by Crippen LogP contribution is -2.13. The number of rotatable bonds is 1. The van der Waals surface area contributed by atoms with Crippen molar-refractivity contribution in [1.29, 1.82) is 5.41 Å². The van der Waals surface area contributed by atoms with Crippen LogP contribution in [-0.4, -0.2) is 22.7 Å². The average molecular weight is 466 g/mol. The van der Waals surface area contributed by atoms with E-state index in [0.717, 1.165) is 37.5 Å². The lowest BCUT2D eigenvalue weighted by molar-refractivity contribution is 0.174. The molecule has 30 heavy (non-hydrogen) atoms. The van der Waals surface area contributed by atoms with Crippen LogP contribution in [0.3, 0.4) is 0 Å². The maximum atomic E-state index is 7.67. The first-order valence-corrected chi connectivity index (χ1v) is 10.3. The van der Waals surface area contributed by atoms with Gasteiger partial charge in [0.15, 0.2) is 11.5 Å². The molecule has 5 rings (SSSR count). The van der Waals surface area contributed by atoms with Gasteiger partial charge >= 0.3 is 0 Å². The molecule has 3 heterocycles. The number of para-hydroxylation sites is 1. The zero-order valence-electron chi connectivity index (χ0n) is 16.5. The first-order valence-electron chi connectivity index (χ1n) is 9.50. The van der Waals surface area contributed by atoms with Crippen LogP contribution in [0.4, 0.5) is 0 Å². The summed E-state index contributed by atoms with van der Waals surface area (Å²) in [6.45, 7) is 4.20. The minimum absolute atomic E-state index is 0.200. The minimum Gasteiger partial charge on any atom is -0.454 e. The van der Waals surface area contributed by atoms with E-state index < -0.39 is 0 Å². The van der Waals surface area contributed by atoms with Crippen molar-refractivity contribution in [2.45, 2.75) is 13.8 Å². The van der Waals surface area contributed by atoms with Crippen molar-refractivity contribution in [2.24, 2.45) is 10.7 Å². The number of nitrogens with one attached hydrogen (secondary N) is 2. The van der Waals surface area contributed by atoms with Crippen LogP contribution in [0.2, 0.25) is 0 Å². The Balaban J connectivity index is 0.00000106. The molecule has 0 bridgehead atoms. The summed E-state index contributed by atoms with van der Waals surface area (Å²) < 4.78 is 11.9. The molecule has 8 heteroatoms. The van der Waals surface area contributed by atoms with E-state index in [1.807, 2.05) is 62.5 Å². The number of ether oxygens (including phenoxy) is 2. The second kappa shape index (κ2) is 8.16. The van der Waals surface area contributed by atoms with E-state index in [1.165, 1.54) is 0 Å². The minimum atomic E-state index is -0.266. The van der Waals surface area contributed by atoms with Crippen molar-refractivity contribution in [1.82, 2.24) is 9.97 Å². The monoisotopic (exact) mass is 465 g/mol. The molecule has 0 unspecified atom stereocenters. The van der Waals surface area contributed by atoms with Crippen LogP contribution in [0.15, 0.2) is 58.1 Å². The lowest BCUT2D eigenvalue weighted by Gasteiger charge is -2.06. The second-order valence-electron chi connectivity index (χ2n) is 6.27. The summed E-state index contributed by atoms with van der Waals surface area (Å²) in [7, 11) is 0. The van der Waals surface area contributed by atoms with Gasteiger partial charge in [0, 0.05) is 27.0 Å². The van der Waals surface area contributed by atoms with Gasteiger partial charge in [0.2, 0.25) is 12.8 Å². The smallest absolute Gasteiger partial charge is 0.231 e. The Labute approximate surface area is 181 Å². The first-order chi connectivity index (χ1) is 14.6. The van der Waals surface area contributed by atoms with Gasteiger partial charge in [0.1, 0.15) is 5.36 Å². The predicted molar refractivity (Wildman–Crippen MR) is 122 cm³/mol. The molecule has 1 aliphatic heterocycles. The van der Waals surface area contributed by atoms with Gasteiger partial charge in [-0.3, -0.25) is 5.41 Å². The molecule has 0 atom stereocenters. The molecule has 0 saturated carbocycles. The molecule has 4 N–H and O–H groups in total. The van der Waals surface area contributed by atoms with E-state index in [2.05, 4.69) is 25.9 Å². The summed E-state index contributed by atoms with van der Waals surface area (Å²) >= 11 is 3.64. The molecule has 1 aliphatic rings. The highest BCUT2D eigenvalue weighted by Gasteiger charge is 2.20. The molecule has 2 aromatic carbocycles. The van der Waals surface area contributed by atoms with Gasteiger partial charge in [-0.2, -0.15) is 0 Å². The van der Waals surface area contributed by atoms with Crippen LogP contribution in [-0.2, 0) is 0 Å². The topological polar surface area (TPSA) is 109 Å². The van der Waals surface area contributed by atoms with Crippen LogP contribution in [0.25, 0.3) is 33.1 Å². The first kappa shape index (κ1) is 19.9. The van der Waals surface area contributed by atoms with Crippen LogP contribution >= 0.6 is 15.9 Å². The zero-order valence-corrected chi connectivity index (χ0v) is 18.1. The lowest BCUT2D eigenvalue weighted by atomic mass is 10.1. The molecule has 7 nitrogen and oxygen atoms in total. The Kier molecular flexibility index (Phi) is 5.41. The fraction of sp³-hybridized carbons (Fsp3) is 0.136. The third-order valence-corrected chi connectivity index (χ3v) is 5.24. The van der Waals surface area contributed by atoms with E-state index in [0.29, 0.717) is 16.9 Å². The maximum Gasteiger partial charge on any atom is 0.231 e. The fourth-order valence-electron chi connectivity index (χ4n) is 3.39. The highest BCUT2D eigenvalue weighted by atomic mass is 79.9. The van der Waals surface area contributed by atoms with E-state index in [-0.39, 0.29) is 12.8 Å². The normalized spacial score (nSPS) is 12.7. The number of nitrogens with two attached hydrogens (primary N) is 1. The number of aromatic amines is 1. The third-order valence-electron chi connectivity index (χ3n) is 4.58. The molecule has 0 fully saturated rings. The van der Waals surface area contributed by atoms with Crippen LogP contribution in [0, 0.1) is 5.41 Å². The van der Waals surface area contributed by atoms with Gasteiger partial charge in [0.05, 0.1) is 16.7 Å². The molecule has 0 radical (unpaired) electrons. The van der Waals surface area contributed by atoms with Gasteiger partial charge in [-0.15, -0.1) is 0 Å². The summed E-state index contributed by atoms with van der Waals surface area (Å²) in [6.07, 6.45) is 1.82. The van der Waals surface area contributed by atoms with E-state index in [4.69, 9.17) is 25.6 Å². The molecule has 152 valence electrons. The Morgan fingerprint density at radius 1 is 1.13 bits per heavy atom. The summed E-state index contributed by atoms with van der Waals surface area (Å²) in [5, 5.41) is 9.91. The highest BCUT2D eigenvalue weighted by molar-refractivity contribution is 9.10. The van der Waals surface area contributed by atoms with Crippen molar-refractivity contribution >= 4 is 43.7 Å². The standard InChI is InChI=1S/C20H14BrN5O2.C2H6/c21-13-8-16-15(27-9-28-16)7-12(13)17-11-5-6-24-18(11)19(26-20(22)23)10-3-1-2-4-14(10)25-17;1-2/h1-8,24H,9H2,(H3,22,23);1-2H3/b26-19-;. The van der Waals surface area contributed by atoms with Crippen LogP contribution < -0.4 is 20.6 Å². The second-order valence-corrected chi connectivity index (χ2v) is 7.13. The van der Waals surface area contributed by atoms with Crippen molar-refractivity contribution in [2.75, 3.05) is 6.79 Å². The van der Waals surface area contributed by atoms with Crippen LogP contribution in [0.1, 0.15) is 13.8 Å². The largest absolute Gasteiger partial charge is 0.454 e. The number of hydrogen-bond acceptors (Lipinski definition) is 4.